The third-order valence-corrected chi connectivity index (χ3v) is 4.72. The first-order valence-corrected chi connectivity index (χ1v) is 9.07. The van der Waals surface area contributed by atoms with Crippen LogP contribution in [0, 0.1) is 10.1 Å². The van der Waals surface area contributed by atoms with Crippen LogP contribution in [-0.2, 0) is 9.53 Å². The smallest absolute Gasteiger partial charge is 0.269 e. The second kappa shape index (κ2) is 10.1. The molecule has 2 atom stereocenters. The molecule has 1 fully saturated rings. The van der Waals surface area contributed by atoms with E-state index < -0.39 is 4.92 Å². The molecule has 8 nitrogen and oxygen atoms in total. The Kier molecular flexibility index (Phi) is 7.80. The first kappa shape index (κ1) is 20.1. The van der Waals surface area contributed by atoms with Crippen LogP contribution in [0.4, 0.5) is 11.4 Å². The van der Waals surface area contributed by atoms with E-state index in [1.165, 1.54) is 12.1 Å². The highest BCUT2D eigenvalue weighted by atomic mass is 16.6. The summed E-state index contributed by atoms with van der Waals surface area (Å²) in [5.41, 5.74) is 0.878. The van der Waals surface area contributed by atoms with Crippen molar-refractivity contribution in [1.82, 2.24) is 10.2 Å². The molecule has 1 heterocycles. The van der Waals surface area contributed by atoms with Crippen molar-refractivity contribution in [2.45, 2.75) is 38.8 Å². The van der Waals surface area contributed by atoms with Gasteiger partial charge in [0.2, 0.25) is 5.91 Å². The molecular weight excluding hydrogens is 336 g/mol. The molecule has 1 aromatic carbocycles. The summed E-state index contributed by atoms with van der Waals surface area (Å²) in [4.78, 5) is 24.6. The molecule has 1 amide bonds. The van der Waals surface area contributed by atoms with Crippen LogP contribution >= 0.6 is 0 Å². The van der Waals surface area contributed by atoms with Gasteiger partial charge in [-0.25, -0.2) is 0 Å². The summed E-state index contributed by atoms with van der Waals surface area (Å²) in [5, 5.41) is 16.9. The normalized spacial score (nSPS) is 17.3. The molecule has 2 rings (SSSR count). The SMILES string of the molecule is CC(NC(=O)CCCNc1ccc([N+](=O)[O-])cc1)C(C)N1CCOCC1. The molecular formula is C18H28N4O4. The number of non-ortho nitro benzene ring substituents is 1. The lowest BCUT2D eigenvalue weighted by atomic mass is 10.1. The minimum Gasteiger partial charge on any atom is -0.385 e. The molecule has 0 bridgehead atoms. The number of benzene rings is 1. The number of carbonyl (C=O) groups excluding carboxylic acids is 1. The van der Waals surface area contributed by atoms with Gasteiger partial charge < -0.3 is 15.4 Å². The van der Waals surface area contributed by atoms with Crippen LogP contribution < -0.4 is 10.6 Å². The van der Waals surface area contributed by atoms with E-state index in [0.717, 1.165) is 32.0 Å². The Morgan fingerprint density at radius 1 is 1.27 bits per heavy atom. The van der Waals surface area contributed by atoms with Gasteiger partial charge >= 0.3 is 0 Å². The minimum atomic E-state index is -0.423. The van der Waals surface area contributed by atoms with Crippen molar-refractivity contribution in [2.75, 3.05) is 38.2 Å². The maximum atomic E-state index is 12.1. The third kappa shape index (κ3) is 6.27. The fourth-order valence-corrected chi connectivity index (χ4v) is 2.93. The number of amides is 1. The van der Waals surface area contributed by atoms with Gasteiger partial charge in [0.15, 0.2) is 0 Å². The minimum absolute atomic E-state index is 0.0445. The molecule has 1 aromatic rings. The van der Waals surface area contributed by atoms with Crippen molar-refractivity contribution < 1.29 is 14.5 Å². The number of hydrogen-bond acceptors (Lipinski definition) is 6. The highest BCUT2D eigenvalue weighted by Crippen LogP contribution is 2.15. The zero-order valence-electron chi connectivity index (χ0n) is 15.4. The van der Waals surface area contributed by atoms with Crippen LogP contribution in [0.25, 0.3) is 0 Å². The Hall–Kier alpha value is -2.19. The quantitative estimate of drug-likeness (QED) is 0.395. The number of rotatable bonds is 9. The van der Waals surface area contributed by atoms with Crippen molar-refractivity contribution in [3.8, 4) is 0 Å². The van der Waals surface area contributed by atoms with E-state index in [4.69, 9.17) is 4.74 Å². The predicted molar refractivity (Wildman–Crippen MR) is 100 cm³/mol. The molecule has 2 unspecified atom stereocenters. The van der Waals surface area contributed by atoms with E-state index >= 15 is 0 Å². The number of morpholine rings is 1. The lowest BCUT2D eigenvalue weighted by Crippen LogP contribution is -2.52. The van der Waals surface area contributed by atoms with E-state index in [1.54, 1.807) is 12.1 Å². The molecule has 0 aromatic heterocycles. The average Bonchev–Trinajstić information content (AvgIpc) is 2.65. The molecule has 0 spiro atoms. The summed E-state index contributed by atoms with van der Waals surface area (Å²) in [6.45, 7) is 8.11. The van der Waals surface area contributed by atoms with Gasteiger partial charge in [-0.05, 0) is 32.4 Å². The zero-order chi connectivity index (χ0) is 18.9. The molecule has 0 saturated carbocycles. The Bertz CT molecular complexity index is 587. The van der Waals surface area contributed by atoms with Gasteiger partial charge in [-0.1, -0.05) is 0 Å². The van der Waals surface area contributed by atoms with E-state index in [9.17, 15) is 14.9 Å². The standard InChI is InChI=1S/C18H28N4O4/c1-14(15(2)21-10-12-26-13-11-21)20-18(23)4-3-9-19-16-5-7-17(8-6-16)22(24)25/h5-8,14-15,19H,3-4,9-13H2,1-2H3,(H,20,23). The van der Waals surface area contributed by atoms with Gasteiger partial charge in [0, 0.05) is 56.0 Å². The van der Waals surface area contributed by atoms with Crippen molar-refractivity contribution >= 4 is 17.3 Å². The van der Waals surface area contributed by atoms with E-state index in [2.05, 4.69) is 22.5 Å². The van der Waals surface area contributed by atoms with Gasteiger partial charge in [-0.3, -0.25) is 19.8 Å². The molecule has 1 aliphatic heterocycles. The van der Waals surface area contributed by atoms with Gasteiger partial charge in [0.1, 0.15) is 0 Å². The fraction of sp³-hybridized carbons (Fsp3) is 0.611. The summed E-state index contributed by atoms with van der Waals surface area (Å²) in [6.07, 6.45) is 1.14. The summed E-state index contributed by atoms with van der Waals surface area (Å²) in [5.74, 6) is 0.0445. The fourth-order valence-electron chi connectivity index (χ4n) is 2.93. The van der Waals surface area contributed by atoms with Crippen LogP contribution in [0.2, 0.25) is 0 Å². The Morgan fingerprint density at radius 3 is 2.54 bits per heavy atom. The molecule has 26 heavy (non-hydrogen) atoms. The monoisotopic (exact) mass is 364 g/mol. The van der Waals surface area contributed by atoms with Crippen molar-refractivity contribution in [2.24, 2.45) is 0 Å². The Morgan fingerprint density at radius 2 is 1.92 bits per heavy atom. The largest absolute Gasteiger partial charge is 0.385 e. The van der Waals surface area contributed by atoms with Crippen LogP contribution in [0.3, 0.4) is 0 Å². The number of nitrogens with zero attached hydrogens (tertiary/aromatic N) is 2. The van der Waals surface area contributed by atoms with Crippen LogP contribution in [-0.4, -0.2) is 60.7 Å². The molecule has 8 heteroatoms. The number of nitrogens with one attached hydrogen (secondary N) is 2. The second-order valence-corrected chi connectivity index (χ2v) is 6.58. The second-order valence-electron chi connectivity index (χ2n) is 6.58. The molecule has 1 saturated heterocycles. The van der Waals surface area contributed by atoms with Gasteiger partial charge in [-0.2, -0.15) is 0 Å². The highest BCUT2D eigenvalue weighted by molar-refractivity contribution is 5.76. The van der Waals surface area contributed by atoms with Crippen molar-refractivity contribution in [3.05, 3.63) is 34.4 Å². The molecule has 0 aliphatic carbocycles. The van der Waals surface area contributed by atoms with Crippen LogP contribution in [0.1, 0.15) is 26.7 Å². The summed E-state index contributed by atoms with van der Waals surface area (Å²) in [7, 11) is 0. The van der Waals surface area contributed by atoms with Crippen molar-refractivity contribution in [3.63, 3.8) is 0 Å². The number of ether oxygens (including phenoxy) is 1. The molecule has 144 valence electrons. The molecule has 0 radical (unpaired) electrons. The maximum absolute atomic E-state index is 12.1. The van der Waals surface area contributed by atoms with Crippen molar-refractivity contribution in [1.29, 1.82) is 0 Å². The lowest BCUT2D eigenvalue weighted by Gasteiger charge is -2.35. The predicted octanol–water partition coefficient (Wildman–Crippen LogP) is 2.01. The maximum Gasteiger partial charge on any atom is 0.269 e. The third-order valence-electron chi connectivity index (χ3n) is 4.72. The first-order chi connectivity index (χ1) is 12.5. The Labute approximate surface area is 154 Å². The van der Waals surface area contributed by atoms with E-state index in [0.29, 0.717) is 19.4 Å². The number of carbonyl (C=O) groups is 1. The molecule has 2 N–H and O–H groups in total. The van der Waals surface area contributed by atoms with Gasteiger partial charge in [0.25, 0.3) is 5.69 Å². The number of hydrogen-bond donors (Lipinski definition) is 2. The topological polar surface area (TPSA) is 96.7 Å². The number of nitro benzene ring substituents is 1. The van der Waals surface area contributed by atoms with Gasteiger partial charge in [-0.15, -0.1) is 0 Å². The number of nitro groups is 1. The Balaban J connectivity index is 1.64. The summed E-state index contributed by atoms with van der Waals surface area (Å²) in [6, 6.07) is 6.63. The van der Waals surface area contributed by atoms with Crippen LogP contribution in [0.15, 0.2) is 24.3 Å². The van der Waals surface area contributed by atoms with Crippen LogP contribution in [0.5, 0.6) is 0 Å². The van der Waals surface area contributed by atoms with Gasteiger partial charge in [0.05, 0.1) is 18.1 Å². The highest BCUT2D eigenvalue weighted by Gasteiger charge is 2.22. The first-order valence-electron chi connectivity index (χ1n) is 9.07. The molecule has 1 aliphatic rings. The zero-order valence-corrected chi connectivity index (χ0v) is 15.4. The lowest BCUT2D eigenvalue weighted by molar-refractivity contribution is -0.384. The van der Waals surface area contributed by atoms with E-state index in [-0.39, 0.29) is 23.7 Å². The average molecular weight is 364 g/mol. The summed E-state index contributed by atoms with van der Waals surface area (Å²) < 4.78 is 5.36. The summed E-state index contributed by atoms with van der Waals surface area (Å²) >= 11 is 0. The number of anilines is 1. The van der Waals surface area contributed by atoms with E-state index in [1.807, 2.05) is 6.92 Å².